The fourth-order valence-electron chi connectivity index (χ4n) is 6.81. The lowest BCUT2D eigenvalue weighted by molar-refractivity contribution is -0.303. The predicted octanol–water partition coefficient (Wildman–Crippen LogP) is 6.68. The molecule has 1 unspecified atom stereocenters. The van der Waals surface area contributed by atoms with E-state index in [0.29, 0.717) is 5.56 Å². The molecule has 5 aromatic carbocycles. The minimum atomic E-state index is -3.00. The molecule has 0 spiro atoms. The molecule has 0 saturated carbocycles. The monoisotopic (exact) mass is 702 g/mol. The Hall–Kier alpha value is -4.41. The first-order valence-electron chi connectivity index (χ1n) is 17.4. The summed E-state index contributed by atoms with van der Waals surface area (Å²) in [6.45, 7) is 7.17. The number of carbonyl (C=O) groups excluding carboxylic acids is 1. The van der Waals surface area contributed by atoms with Crippen molar-refractivity contribution in [2.45, 2.75) is 69.7 Å². The summed E-state index contributed by atoms with van der Waals surface area (Å²) >= 11 is 0. The van der Waals surface area contributed by atoms with E-state index in [0.717, 1.165) is 21.5 Å². The summed E-state index contributed by atoms with van der Waals surface area (Å²) in [5.41, 5.74) is 2.23. The summed E-state index contributed by atoms with van der Waals surface area (Å²) < 4.78 is 33.0. The Balaban J connectivity index is 1.38. The summed E-state index contributed by atoms with van der Waals surface area (Å²) in [5.74, 6) is -0.597. The lowest BCUT2D eigenvalue weighted by atomic mass is 9.98. The highest BCUT2D eigenvalue weighted by Gasteiger charge is 2.53. The van der Waals surface area contributed by atoms with Crippen LogP contribution in [0, 0.1) is 0 Å². The van der Waals surface area contributed by atoms with Gasteiger partial charge in [0, 0.05) is 0 Å². The highest BCUT2D eigenvalue weighted by Crippen LogP contribution is 2.38. The van der Waals surface area contributed by atoms with Crippen molar-refractivity contribution in [2.24, 2.45) is 0 Å². The standard InChI is InChI=1S/C43H46O7Si/c1-43(2,3)51(35-25-15-7-16-26-35,36-27-17-8-18-28-36)48-31-37-38(46-29-32-19-9-4-10-20-32)39(47-30-33-21-11-5-12-22-33)40(42(45)49-37)50-41(44)34-23-13-6-14-24-34/h4-28,37-40,42,45H,29-31H2,1-3H3/t37-,38+,39+,40-,42?/m1/s1. The van der Waals surface area contributed by atoms with Crippen molar-refractivity contribution in [1.82, 2.24) is 0 Å². The summed E-state index contributed by atoms with van der Waals surface area (Å²) in [6.07, 6.45) is -5.17. The molecule has 1 heterocycles. The molecule has 0 aliphatic carbocycles. The van der Waals surface area contributed by atoms with E-state index in [-0.39, 0.29) is 24.9 Å². The molecular weight excluding hydrogens is 657 g/mol. The first kappa shape index (κ1) is 36.4. The van der Waals surface area contributed by atoms with Gasteiger partial charge in [0.2, 0.25) is 0 Å². The van der Waals surface area contributed by atoms with Gasteiger partial charge in [-0.15, -0.1) is 0 Å². The van der Waals surface area contributed by atoms with Gasteiger partial charge in [-0.1, -0.05) is 160 Å². The normalized spacial score (nSPS) is 20.8. The molecular formula is C43H46O7Si. The molecule has 1 saturated heterocycles. The van der Waals surface area contributed by atoms with E-state index < -0.39 is 45.0 Å². The Morgan fingerprint density at radius 3 is 1.53 bits per heavy atom. The van der Waals surface area contributed by atoms with Gasteiger partial charge in [0.05, 0.1) is 25.4 Å². The molecule has 1 fully saturated rings. The molecule has 5 aromatic rings. The number of hydrogen-bond donors (Lipinski definition) is 1. The third-order valence-corrected chi connectivity index (χ3v) is 14.3. The molecule has 264 valence electrons. The van der Waals surface area contributed by atoms with Crippen LogP contribution in [0.3, 0.4) is 0 Å². The van der Waals surface area contributed by atoms with E-state index in [1.165, 1.54) is 0 Å². The second-order valence-corrected chi connectivity index (χ2v) is 18.1. The first-order valence-corrected chi connectivity index (χ1v) is 19.3. The highest BCUT2D eigenvalue weighted by atomic mass is 28.4. The van der Waals surface area contributed by atoms with Gasteiger partial charge in [0.15, 0.2) is 12.4 Å². The number of carbonyl (C=O) groups is 1. The van der Waals surface area contributed by atoms with Crippen LogP contribution in [0.25, 0.3) is 0 Å². The number of aliphatic hydroxyl groups is 1. The number of ether oxygens (including phenoxy) is 4. The van der Waals surface area contributed by atoms with Crippen molar-refractivity contribution in [3.05, 3.63) is 168 Å². The van der Waals surface area contributed by atoms with Gasteiger partial charge >= 0.3 is 5.97 Å². The van der Waals surface area contributed by atoms with Gasteiger partial charge in [0.1, 0.15) is 18.3 Å². The topological polar surface area (TPSA) is 83.5 Å². The zero-order valence-corrected chi connectivity index (χ0v) is 30.3. The predicted molar refractivity (Wildman–Crippen MR) is 200 cm³/mol. The number of aliphatic hydroxyl groups excluding tert-OH is 1. The summed E-state index contributed by atoms with van der Waals surface area (Å²) in [4.78, 5) is 13.4. The largest absolute Gasteiger partial charge is 0.450 e. The van der Waals surface area contributed by atoms with E-state index in [2.05, 4.69) is 45.0 Å². The summed E-state index contributed by atoms with van der Waals surface area (Å²) in [7, 11) is -3.00. The Morgan fingerprint density at radius 1 is 0.627 bits per heavy atom. The Kier molecular flexibility index (Phi) is 11.9. The molecule has 0 amide bonds. The van der Waals surface area contributed by atoms with Crippen molar-refractivity contribution in [2.75, 3.05) is 6.61 Å². The summed E-state index contributed by atoms with van der Waals surface area (Å²) in [6, 6.07) is 49.0. The van der Waals surface area contributed by atoms with Gasteiger partial charge in [-0.3, -0.25) is 0 Å². The van der Waals surface area contributed by atoms with Crippen LogP contribution in [0.15, 0.2) is 152 Å². The smallest absolute Gasteiger partial charge is 0.338 e. The van der Waals surface area contributed by atoms with Gasteiger partial charge in [0.25, 0.3) is 8.32 Å². The molecule has 0 bridgehead atoms. The number of hydrogen-bond acceptors (Lipinski definition) is 7. The van der Waals surface area contributed by atoms with Crippen molar-refractivity contribution in [3.8, 4) is 0 Å². The Morgan fingerprint density at radius 2 is 1.06 bits per heavy atom. The maximum Gasteiger partial charge on any atom is 0.338 e. The van der Waals surface area contributed by atoms with Crippen LogP contribution >= 0.6 is 0 Å². The minimum Gasteiger partial charge on any atom is -0.450 e. The molecule has 0 aromatic heterocycles. The van der Waals surface area contributed by atoms with Crippen molar-refractivity contribution in [3.63, 3.8) is 0 Å². The minimum absolute atomic E-state index is 0.0916. The van der Waals surface area contributed by atoms with Gasteiger partial charge in [-0.2, -0.15) is 0 Å². The molecule has 5 atom stereocenters. The average molecular weight is 703 g/mol. The lowest BCUT2D eigenvalue weighted by Gasteiger charge is -2.47. The molecule has 6 rings (SSSR count). The second-order valence-electron chi connectivity index (χ2n) is 13.8. The fraction of sp³-hybridized carbons (Fsp3) is 0.279. The highest BCUT2D eigenvalue weighted by molar-refractivity contribution is 6.99. The van der Waals surface area contributed by atoms with Crippen LogP contribution in [0.4, 0.5) is 0 Å². The van der Waals surface area contributed by atoms with Gasteiger partial charge in [-0.05, 0) is 38.7 Å². The molecule has 1 N–H and O–H groups in total. The molecule has 1 aliphatic heterocycles. The number of rotatable bonds is 13. The average Bonchev–Trinajstić information content (AvgIpc) is 3.16. The zero-order chi connectivity index (χ0) is 35.7. The van der Waals surface area contributed by atoms with Crippen LogP contribution < -0.4 is 10.4 Å². The van der Waals surface area contributed by atoms with Crippen molar-refractivity contribution >= 4 is 24.7 Å². The number of esters is 1. The second kappa shape index (κ2) is 16.7. The quantitative estimate of drug-likeness (QED) is 0.108. The van der Waals surface area contributed by atoms with Crippen LogP contribution in [0.2, 0.25) is 5.04 Å². The van der Waals surface area contributed by atoms with Crippen LogP contribution in [-0.4, -0.2) is 56.7 Å². The van der Waals surface area contributed by atoms with E-state index in [1.54, 1.807) is 24.3 Å². The zero-order valence-electron chi connectivity index (χ0n) is 29.3. The Labute approximate surface area is 301 Å². The maximum absolute atomic E-state index is 13.4. The third-order valence-electron chi connectivity index (χ3n) is 9.31. The van der Waals surface area contributed by atoms with Crippen LogP contribution in [-0.2, 0) is 36.6 Å². The van der Waals surface area contributed by atoms with E-state index in [1.807, 2.05) is 103 Å². The van der Waals surface area contributed by atoms with Crippen LogP contribution in [0.1, 0.15) is 42.3 Å². The third kappa shape index (κ3) is 8.56. The van der Waals surface area contributed by atoms with Crippen molar-refractivity contribution in [1.29, 1.82) is 0 Å². The lowest BCUT2D eigenvalue weighted by Crippen LogP contribution is -2.68. The Bertz CT molecular complexity index is 1740. The fourth-order valence-corrected chi connectivity index (χ4v) is 11.4. The van der Waals surface area contributed by atoms with Crippen LogP contribution in [0.5, 0.6) is 0 Å². The van der Waals surface area contributed by atoms with Gasteiger partial charge < -0.3 is 28.5 Å². The molecule has 51 heavy (non-hydrogen) atoms. The van der Waals surface area contributed by atoms with E-state index in [9.17, 15) is 9.90 Å². The molecule has 8 heteroatoms. The maximum atomic E-state index is 13.4. The first-order chi connectivity index (χ1) is 24.8. The SMILES string of the molecule is CC(C)(C)[Si](OC[C@H]1OC(O)[C@H](OC(=O)c2ccccc2)[C@@H](OCc2ccccc2)[C@H]1OCc1ccccc1)(c1ccccc1)c1ccccc1. The summed E-state index contributed by atoms with van der Waals surface area (Å²) in [5, 5.41) is 13.6. The molecule has 1 aliphatic rings. The van der Waals surface area contributed by atoms with E-state index in [4.69, 9.17) is 23.4 Å². The van der Waals surface area contributed by atoms with E-state index >= 15 is 0 Å². The molecule has 0 radical (unpaired) electrons. The van der Waals surface area contributed by atoms with Crippen molar-refractivity contribution < 1.29 is 33.3 Å². The molecule has 7 nitrogen and oxygen atoms in total. The number of benzene rings is 5. The van der Waals surface area contributed by atoms with Gasteiger partial charge in [-0.25, -0.2) is 4.79 Å².